The van der Waals surface area contributed by atoms with E-state index in [9.17, 15) is 9.59 Å². The van der Waals surface area contributed by atoms with Crippen molar-refractivity contribution in [3.05, 3.63) is 23.2 Å². The quantitative estimate of drug-likeness (QED) is 0.835. The largest absolute Gasteiger partial charge is 0.476 e. The minimum atomic E-state index is -1.11. The van der Waals surface area contributed by atoms with E-state index in [2.05, 4.69) is 15.6 Å². The van der Waals surface area contributed by atoms with Crippen LogP contribution in [-0.2, 0) is 11.3 Å². The molecule has 0 aliphatic rings. The topological polar surface area (TPSA) is 97.1 Å². The SMILES string of the molecule is CNC(=O)CCCn1nnc(C(=O)O)c1-c1cccs1. The number of hydrogen-bond donors (Lipinski definition) is 2. The predicted molar refractivity (Wildman–Crippen MR) is 73.6 cm³/mol. The maximum Gasteiger partial charge on any atom is 0.358 e. The van der Waals surface area contributed by atoms with Crippen molar-refractivity contribution in [2.75, 3.05) is 7.05 Å². The van der Waals surface area contributed by atoms with E-state index in [0.29, 0.717) is 25.1 Å². The number of nitrogens with zero attached hydrogens (tertiary/aromatic N) is 3. The summed E-state index contributed by atoms with van der Waals surface area (Å²) in [5, 5.41) is 21.1. The van der Waals surface area contributed by atoms with Gasteiger partial charge in [-0.2, -0.15) is 0 Å². The number of hydrogen-bond acceptors (Lipinski definition) is 5. The second kappa shape index (κ2) is 6.29. The fourth-order valence-electron chi connectivity index (χ4n) is 1.79. The first kappa shape index (κ1) is 14.2. The van der Waals surface area contributed by atoms with Gasteiger partial charge in [0, 0.05) is 20.0 Å². The lowest BCUT2D eigenvalue weighted by molar-refractivity contribution is -0.120. The zero-order chi connectivity index (χ0) is 14.5. The third kappa shape index (κ3) is 3.02. The standard InChI is InChI=1S/C12H14N4O3S/c1-13-9(17)5-2-6-16-11(8-4-3-7-20-8)10(12(18)19)14-15-16/h3-4,7H,2,5-6H2,1H3,(H,13,17)(H,18,19). The van der Waals surface area contributed by atoms with Crippen molar-refractivity contribution in [1.29, 1.82) is 0 Å². The van der Waals surface area contributed by atoms with Crippen LogP contribution in [0.25, 0.3) is 10.6 Å². The minimum absolute atomic E-state index is 0.0544. The summed E-state index contributed by atoms with van der Waals surface area (Å²) in [5.41, 5.74) is 0.428. The van der Waals surface area contributed by atoms with Gasteiger partial charge in [0.1, 0.15) is 5.69 Å². The average molecular weight is 294 g/mol. The van der Waals surface area contributed by atoms with E-state index in [4.69, 9.17) is 5.11 Å². The highest BCUT2D eigenvalue weighted by Gasteiger charge is 2.21. The number of carboxylic acids is 1. The van der Waals surface area contributed by atoms with Crippen molar-refractivity contribution >= 4 is 23.2 Å². The Kier molecular flexibility index (Phi) is 4.46. The Morgan fingerprint density at radius 1 is 1.50 bits per heavy atom. The molecule has 0 aromatic carbocycles. The molecule has 106 valence electrons. The van der Waals surface area contributed by atoms with Gasteiger partial charge in [-0.05, 0) is 17.9 Å². The number of aromatic carboxylic acids is 1. The van der Waals surface area contributed by atoms with Gasteiger partial charge in [-0.3, -0.25) is 4.79 Å². The number of rotatable bonds is 6. The summed E-state index contributed by atoms with van der Waals surface area (Å²) < 4.78 is 1.54. The van der Waals surface area contributed by atoms with E-state index in [-0.39, 0.29) is 11.6 Å². The first-order chi connectivity index (χ1) is 9.63. The molecule has 7 nitrogen and oxygen atoms in total. The molecule has 1 amide bonds. The molecule has 0 aliphatic carbocycles. The lowest BCUT2D eigenvalue weighted by Gasteiger charge is -2.05. The second-order valence-electron chi connectivity index (χ2n) is 4.07. The molecule has 0 saturated carbocycles. The molecule has 0 fully saturated rings. The zero-order valence-electron chi connectivity index (χ0n) is 10.9. The summed E-state index contributed by atoms with van der Waals surface area (Å²) in [4.78, 5) is 23.2. The predicted octanol–water partition coefficient (Wildman–Crippen LogP) is 1.23. The monoisotopic (exact) mass is 294 g/mol. The van der Waals surface area contributed by atoms with Crippen molar-refractivity contribution in [3.8, 4) is 10.6 Å². The van der Waals surface area contributed by atoms with E-state index in [0.717, 1.165) is 4.88 Å². The molecule has 0 unspecified atom stereocenters. The van der Waals surface area contributed by atoms with Gasteiger partial charge in [0.15, 0.2) is 5.69 Å². The van der Waals surface area contributed by atoms with Crippen LogP contribution in [0.15, 0.2) is 17.5 Å². The van der Waals surface area contributed by atoms with E-state index in [1.807, 2.05) is 17.5 Å². The van der Waals surface area contributed by atoms with E-state index >= 15 is 0 Å². The molecule has 2 heterocycles. The highest BCUT2D eigenvalue weighted by atomic mass is 32.1. The number of nitrogens with one attached hydrogen (secondary N) is 1. The fraction of sp³-hybridized carbons (Fsp3) is 0.333. The fourth-order valence-corrected chi connectivity index (χ4v) is 2.56. The van der Waals surface area contributed by atoms with E-state index in [1.165, 1.54) is 16.0 Å². The molecule has 2 rings (SSSR count). The Hall–Kier alpha value is -2.22. The summed E-state index contributed by atoms with van der Waals surface area (Å²) in [6, 6.07) is 3.67. The molecule has 0 aliphatic heterocycles. The van der Waals surface area contributed by atoms with Gasteiger partial charge in [-0.25, -0.2) is 9.48 Å². The number of carbonyl (C=O) groups is 2. The minimum Gasteiger partial charge on any atom is -0.476 e. The van der Waals surface area contributed by atoms with Gasteiger partial charge < -0.3 is 10.4 Å². The molecule has 0 radical (unpaired) electrons. The van der Waals surface area contributed by atoms with Crippen molar-refractivity contribution in [1.82, 2.24) is 20.3 Å². The van der Waals surface area contributed by atoms with Gasteiger partial charge in [-0.1, -0.05) is 11.3 Å². The number of aryl methyl sites for hydroxylation is 1. The van der Waals surface area contributed by atoms with Crippen molar-refractivity contribution in [2.24, 2.45) is 0 Å². The first-order valence-corrected chi connectivity index (χ1v) is 6.92. The Bertz CT molecular complexity index is 606. The van der Waals surface area contributed by atoms with Crippen LogP contribution in [0.1, 0.15) is 23.3 Å². The number of thiophene rings is 1. The van der Waals surface area contributed by atoms with Crippen LogP contribution >= 0.6 is 11.3 Å². The second-order valence-corrected chi connectivity index (χ2v) is 5.02. The van der Waals surface area contributed by atoms with Crippen LogP contribution < -0.4 is 5.32 Å². The molecular formula is C12H14N4O3S. The van der Waals surface area contributed by atoms with E-state index < -0.39 is 5.97 Å². The number of carboxylic acid groups (broad SMARTS) is 1. The molecule has 0 spiro atoms. The van der Waals surface area contributed by atoms with Gasteiger partial charge in [-0.15, -0.1) is 16.4 Å². The third-order valence-electron chi connectivity index (χ3n) is 2.74. The zero-order valence-corrected chi connectivity index (χ0v) is 11.7. The van der Waals surface area contributed by atoms with Gasteiger partial charge in [0.05, 0.1) is 4.88 Å². The number of amides is 1. The highest BCUT2D eigenvalue weighted by Crippen LogP contribution is 2.27. The molecule has 0 atom stereocenters. The smallest absolute Gasteiger partial charge is 0.358 e. The summed E-state index contributed by atoms with van der Waals surface area (Å²) >= 11 is 1.43. The molecule has 2 aromatic heterocycles. The molecule has 20 heavy (non-hydrogen) atoms. The van der Waals surface area contributed by atoms with Gasteiger partial charge in [0.2, 0.25) is 5.91 Å². The lowest BCUT2D eigenvalue weighted by Crippen LogP contribution is -2.18. The Balaban J connectivity index is 2.21. The van der Waals surface area contributed by atoms with Crippen molar-refractivity contribution in [2.45, 2.75) is 19.4 Å². The van der Waals surface area contributed by atoms with Crippen molar-refractivity contribution < 1.29 is 14.7 Å². The highest BCUT2D eigenvalue weighted by molar-refractivity contribution is 7.13. The van der Waals surface area contributed by atoms with Crippen molar-refractivity contribution in [3.63, 3.8) is 0 Å². The molecule has 2 N–H and O–H groups in total. The molecule has 2 aromatic rings. The molecule has 0 saturated heterocycles. The van der Waals surface area contributed by atoms with Crippen LogP contribution in [0.4, 0.5) is 0 Å². The third-order valence-corrected chi connectivity index (χ3v) is 3.62. The average Bonchev–Trinajstić information content (AvgIpc) is 3.06. The maximum atomic E-state index is 11.2. The lowest BCUT2D eigenvalue weighted by atomic mass is 10.2. The molecule has 0 bridgehead atoms. The van der Waals surface area contributed by atoms with Gasteiger partial charge in [0.25, 0.3) is 0 Å². The van der Waals surface area contributed by atoms with Gasteiger partial charge >= 0.3 is 5.97 Å². The van der Waals surface area contributed by atoms with E-state index in [1.54, 1.807) is 7.05 Å². The van der Waals surface area contributed by atoms with Crippen LogP contribution in [-0.4, -0.2) is 39.0 Å². The summed E-state index contributed by atoms with van der Waals surface area (Å²) in [6.07, 6.45) is 0.934. The normalized spacial score (nSPS) is 10.4. The van der Waals surface area contributed by atoms with Crippen LogP contribution in [0, 0.1) is 0 Å². The number of aromatic nitrogens is 3. The summed E-state index contributed by atoms with van der Waals surface area (Å²) in [7, 11) is 1.58. The molecule has 8 heteroatoms. The Morgan fingerprint density at radius 2 is 2.30 bits per heavy atom. The number of carbonyl (C=O) groups excluding carboxylic acids is 1. The summed E-state index contributed by atoms with van der Waals surface area (Å²) in [5.74, 6) is -1.16. The van der Waals surface area contributed by atoms with Crippen LogP contribution in [0.3, 0.4) is 0 Å². The maximum absolute atomic E-state index is 11.2. The first-order valence-electron chi connectivity index (χ1n) is 6.04. The van der Waals surface area contributed by atoms with Crippen LogP contribution in [0.2, 0.25) is 0 Å². The molecular weight excluding hydrogens is 280 g/mol. The Morgan fingerprint density at radius 3 is 2.90 bits per heavy atom. The van der Waals surface area contributed by atoms with Crippen LogP contribution in [0.5, 0.6) is 0 Å². The Labute approximate surface area is 119 Å². The summed E-state index contributed by atoms with van der Waals surface area (Å²) in [6.45, 7) is 0.445.